The second-order valence-corrected chi connectivity index (χ2v) is 8.87. The minimum Gasteiger partial charge on any atom is -0.353 e. The van der Waals surface area contributed by atoms with Crippen LogP contribution in [0.2, 0.25) is 0 Å². The Labute approximate surface area is 184 Å². The van der Waals surface area contributed by atoms with Crippen LogP contribution in [0.5, 0.6) is 0 Å². The Morgan fingerprint density at radius 2 is 1.87 bits per heavy atom. The van der Waals surface area contributed by atoms with E-state index in [0.717, 1.165) is 23.8 Å². The Balaban J connectivity index is 1.52. The molecule has 1 aliphatic heterocycles. The maximum absolute atomic E-state index is 4.59. The third-order valence-corrected chi connectivity index (χ3v) is 6.04. The summed E-state index contributed by atoms with van der Waals surface area (Å²) in [4.78, 5) is 22.7. The molecule has 0 saturated carbocycles. The molecule has 0 bridgehead atoms. The molecule has 2 N–H and O–H groups in total. The van der Waals surface area contributed by atoms with Crippen molar-refractivity contribution in [1.82, 2.24) is 19.9 Å². The fourth-order valence-electron chi connectivity index (χ4n) is 2.75. The third kappa shape index (κ3) is 5.65. The van der Waals surface area contributed by atoms with Crippen molar-refractivity contribution in [2.45, 2.75) is 10.1 Å². The summed E-state index contributed by atoms with van der Waals surface area (Å²) in [7, 11) is 4.07. The van der Waals surface area contributed by atoms with E-state index in [0.29, 0.717) is 23.6 Å². The molecule has 2 aromatic heterocycles. The zero-order chi connectivity index (χ0) is 20.8. The average Bonchev–Trinajstić information content (AvgIpc) is 3.40. The number of thiophene rings is 1. The number of rotatable bonds is 8. The van der Waals surface area contributed by atoms with Crippen LogP contribution in [0.15, 0.2) is 69.0 Å². The molecule has 7 nitrogen and oxygen atoms in total. The highest BCUT2D eigenvalue weighted by molar-refractivity contribution is 7.99. The summed E-state index contributed by atoms with van der Waals surface area (Å²) >= 11 is 3.22. The topological polar surface area (TPSA) is 78.3 Å². The van der Waals surface area contributed by atoms with Crippen LogP contribution >= 0.6 is 23.1 Å². The molecule has 0 aliphatic carbocycles. The van der Waals surface area contributed by atoms with Crippen LogP contribution in [0.25, 0.3) is 5.57 Å². The summed E-state index contributed by atoms with van der Waals surface area (Å²) in [6.45, 7) is 2.29. The number of anilines is 2. The van der Waals surface area contributed by atoms with Gasteiger partial charge in [0.25, 0.3) is 0 Å². The first-order chi connectivity index (χ1) is 14.7. The van der Waals surface area contributed by atoms with E-state index in [9.17, 15) is 0 Å². The molecule has 0 amide bonds. The Kier molecular flexibility index (Phi) is 6.73. The molecule has 4 rings (SSSR count). The van der Waals surface area contributed by atoms with Crippen molar-refractivity contribution in [1.29, 1.82) is 0 Å². The van der Waals surface area contributed by atoms with E-state index in [1.165, 1.54) is 22.2 Å². The molecule has 0 atom stereocenters. The second-order valence-electron chi connectivity index (χ2n) is 6.88. The van der Waals surface area contributed by atoms with E-state index in [2.05, 4.69) is 59.1 Å². The maximum atomic E-state index is 4.59. The van der Waals surface area contributed by atoms with E-state index in [-0.39, 0.29) is 0 Å². The minimum atomic E-state index is 0.484. The van der Waals surface area contributed by atoms with Crippen molar-refractivity contribution in [3.63, 3.8) is 0 Å². The maximum Gasteiger partial charge on any atom is 0.234 e. The predicted octanol–water partition coefficient (Wildman–Crippen LogP) is 3.97. The van der Waals surface area contributed by atoms with Crippen LogP contribution < -0.4 is 10.6 Å². The molecule has 9 heteroatoms. The number of benzene rings is 1. The molecule has 30 heavy (non-hydrogen) atoms. The SMILES string of the molecule is CN(C)CCNc1nc(NC2=NCC(c3cccs3)=C2)nc(Sc2ccccc2)n1. The number of hydrogen-bond donors (Lipinski definition) is 2. The predicted molar refractivity (Wildman–Crippen MR) is 126 cm³/mol. The first kappa shape index (κ1) is 20.5. The molecule has 3 heterocycles. The molecule has 1 aliphatic rings. The van der Waals surface area contributed by atoms with E-state index in [4.69, 9.17) is 0 Å². The van der Waals surface area contributed by atoms with Crippen LogP contribution in [-0.4, -0.2) is 59.4 Å². The van der Waals surface area contributed by atoms with Crippen molar-refractivity contribution >= 4 is 46.4 Å². The van der Waals surface area contributed by atoms with Crippen molar-refractivity contribution in [3.8, 4) is 0 Å². The zero-order valence-corrected chi connectivity index (χ0v) is 18.5. The summed E-state index contributed by atoms with van der Waals surface area (Å²) in [6, 6.07) is 14.2. The van der Waals surface area contributed by atoms with Gasteiger partial charge in [0.1, 0.15) is 5.84 Å². The Hall–Kier alpha value is -2.75. The van der Waals surface area contributed by atoms with E-state index < -0.39 is 0 Å². The number of hydrogen-bond acceptors (Lipinski definition) is 9. The molecular formula is C21H23N7S2. The molecule has 3 aromatic rings. The highest BCUT2D eigenvalue weighted by Crippen LogP contribution is 2.27. The Bertz CT molecular complexity index is 1030. The molecule has 0 unspecified atom stereocenters. The van der Waals surface area contributed by atoms with Gasteiger partial charge in [0.05, 0.1) is 6.54 Å². The van der Waals surface area contributed by atoms with Gasteiger partial charge >= 0.3 is 0 Å². The quantitative estimate of drug-likeness (QED) is 0.552. The van der Waals surface area contributed by atoms with Gasteiger partial charge in [-0.1, -0.05) is 24.3 Å². The molecule has 154 valence electrons. The average molecular weight is 438 g/mol. The first-order valence-corrected chi connectivity index (χ1v) is 11.3. The summed E-state index contributed by atoms with van der Waals surface area (Å²) < 4.78 is 0. The van der Waals surface area contributed by atoms with Crippen molar-refractivity contribution < 1.29 is 0 Å². The van der Waals surface area contributed by atoms with Crippen molar-refractivity contribution in [2.75, 3.05) is 44.4 Å². The number of likely N-dealkylation sites (N-methyl/N-ethyl adjacent to an activating group) is 1. The van der Waals surface area contributed by atoms with Gasteiger partial charge in [0.15, 0.2) is 5.16 Å². The van der Waals surface area contributed by atoms with Crippen LogP contribution in [0.3, 0.4) is 0 Å². The van der Waals surface area contributed by atoms with Crippen LogP contribution in [0.4, 0.5) is 11.9 Å². The fourth-order valence-corrected chi connectivity index (χ4v) is 4.25. The molecular weight excluding hydrogens is 414 g/mol. The number of aliphatic imine (C=N–C) groups is 1. The Morgan fingerprint density at radius 1 is 1.03 bits per heavy atom. The fraction of sp³-hybridized carbons (Fsp3) is 0.238. The van der Waals surface area contributed by atoms with E-state index >= 15 is 0 Å². The standard InChI is InChI=1S/C21H23N7S2/c1-28(2)11-10-22-19-25-20(27-21(26-19)30-16-7-4-3-5-8-16)24-18-13-15(14-23-18)17-9-6-12-29-17/h3-9,12-13H,10-11,14H2,1-2H3,(H2,22,23,24,25,26,27). The molecule has 0 fully saturated rings. The summed E-state index contributed by atoms with van der Waals surface area (Å²) in [5.74, 6) is 1.80. The highest BCUT2D eigenvalue weighted by Gasteiger charge is 2.14. The van der Waals surface area contributed by atoms with Crippen LogP contribution in [-0.2, 0) is 0 Å². The number of nitrogens with zero attached hydrogens (tertiary/aromatic N) is 5. The van der Waals surface area contributed by atoms with E-state index in [1.54, 1.807) is 11.3 Å². The lowest BCUT2D eigenvalue weighted by Crippen LogP contribution is -2.22. The summed E-state index contributed by atoms with van der Waals surface area (Å²) in [5.41, 5.74) is 1.20. The van der Waals surface area contributed by atoms with Crippen LogP contribution in [0, 0.1) is 0 Å². The summed E-state index contributed by atoms with van der Waals surface area (Å²) in [5, 5.41) is 9.25. The molecule has 1 aromatic carbocycles. The lowest BCUT2D eigenvalue weighted by Gasteiger charge is -2.12. The minimum absolute atomic E-state index is 0.484. The number of aromatic nitrogens is 3. The van der Waals surface area contributed by atoms with E-state index in [1.807, 2.05) is 44.4 Å². The van der Waals surface area contributed by atoms with Gasteiger partial charge in [-0.3, -0.25) is 4.99 Å². The third-order valence-electron chi connectivity index (χ3n) is 4.22. The van der Waals surface area contributed by atoms with Gasteiger partial charge in [0, 0.05) is 22.9 Å². The van der Waals surface area contributed by atoms with Gasteiger partial charge in [0.2, 0.25) is 11.9 Å². The molecule has 0 saturated heterocycles. The van der Waals surface area contributed by atoms with Gasteiger partial charge in [-0.05, 0) is 61.1 Å². The molecule has 0 spiro atoms. The normalized spacial score (nSPS) is 13.3. The monoisotopic (exact) mass is 437 g/mol. The molecule has 0 radical (unpaired) electrons. The zero-order valence-electron chi connectivity index (χ0n) is 16.9. The Morgan fingerprint density at radius 3 is 2.63 bits per heavy atom. The lowest BCUT2D eigenvalue weighted by atomic mass is 10.2. The van der Waals surface area contributed by atoms with Crippen molar-refractivity contribution in [2.24, 2.45) is 4.99 Å². The lowest BCUT2D eigenvalue weighted by molar-refractivity contribution is 0.425. The van der Waals surface area contributed by atoms with Crippen molar-refractivity contribution in [3.05, 3.63) is 58.8 Å². The largest absolute Gasteiger partial charge is 0.353 e. The van der Waals surface area contributed by atoms with Gasteiger partial charge in [-0.25, -0.2) is 0 Å². The smallest absolute Gasteiger partial charge is 0.234 e. The number of nitrogens with one attached hydrogen (secondary N) is 2. The first-order valence-electron chi connectivity index (χ1n) is 9.59. The van der Waals surface area contributed by atoms with Gasteiger partial charge in [-0.15, -0.1) is 11.3 Å². The van der Waals surface area contributed by atoms with Crippen LogP contribution in [0.1, 0.15) is 4.88 Å². The number of amidine groups is 1. The van der Waals surface area contributed by atoms with Gasteiger partial charge in [-0.2, -0.15) is 15.0 Å². The van der Waals surface area contributed by atoms with Gasteiger partial charge < -0.3 is 15.5 Å². The second kappa shape index (κ2) is 9.84. The highest BCUT2D eigenvalue weighted by atomic mass is 32.2. The summed E-state index contributed by atoms with van der Waals surface area (Å²) in [6.07, 6.45) is 2.05.